The fourth-order valence-corrected chi connectivity index (χ4v) is 1.72. The zero-order valence-corrected chi connectivity index (χ0v) is 11.7. The smallest absolute Gasteiger partial charge is 0.416 e. The molecule has 5 heteroatoms. The predicted molar refractivity (Wildman–Crippen MR) is 76.6 cm³/mol. The Morgan fingerprint density at radius 1 is 0.773 bits per heavy atom. The Kier molecular flexibility index (Phi) is 5.47. The lowest BCUT2D eigenvalue weighted by Gasteiger charge is -2.13. The summed E-state index contributed by atoms with van der Waals surface area (Å²) >= 11 is 0. The topological polar surface area (TPSA) is 18.5 Å². The fraction of sp³-hybridized carbons (Fsp3) is 0.176. The van der Waals surface area contributed by atoms with Crippen molar-refractivity contribution in [1.82, 2.24) is 0 Å². The van der Waals surface area contributed by atoms with E-state index < -0.39 is 12.1 Å². The summed E-state index contributed by atoms with van der Waals surface area (Å²) < 4.78 is 47.9. The Bertz CT molecular complexity index is 547. The van der Waals surface area contributed by atoms with Gasteiger partial charge in [-0.2, -0.15) is 13.2 Å². The first kappa shape index (κ1) is 15.9. The molecule has 0 atom stereocenters. The van der Waals surface area contributed by atoms with Crippen molar-refractivity contribution in [2.45, 2.75) is 19.4 Å². The molecule has 0 N–H and O–H groups in total. The maximum Gasteiger partial charge on any atom is 0.416 e. The van der Waals surface area contributed by atoms with Crippen LogP contribution in [0.5, 0.6) is 0 Å². The van der Waals surface area contributed by atoms with Crippen LogP contribution in [0.3, 0.4) is 0 Å². The molecule has 0 aliphatic carbocycles. The number of benzene rings is 2. The molecule has 116 valence electrons. The summed E-state index contributed by atoms with van der Waals surface area (Å²) in [5.74, 6) is -0.541. The maximum absolute atomic E-state index is 12.5. The molecule has 2 aromatic carbocycles. The molecule has 22 heavy (non-hydrogen) atoms. The van der Waals surface area contributed by atoms with Crippen molar-refractivity contribution in [2.75, 3.05) is 0 Å². The molecule has 2 nitrogen and oxygen atoms in total. The van der Waals surface area contributed by atoms with Gasteiger partial charge >= 0.3 is 6.18 Å². The van der Waals surface area contributed by atoms with Crippen LogP contribution < -0.4 is 0 Å². The molecule has 0 fully saturated rings. The highest BCUT2D eigenvalue weighted by Crippen LogP contribution is 2.21. The molecule has 0 unspecified atom stereocenters. The molecule has 0 aromatic heterocycles. The standard InChI is InChI=1S/C17H15F3O2/c18-17(19,20)11-16(21-12-14-7-3-1-4-8-14)22-13-15-9-5-2-6-10-15/h1-11H,12-13H2. The zero-order valence-electron chi connectivity index (χ0n) is 11.7. The summed E-state index contributed by atoms with van der Waals surface area (Å²) in [5.41, 5.74) is 1.53. The first-order valence-electron chi connectivity index (χ1n) is 6.66. The maximum atomic E-state index is 12.5. The summed E-state index contributed by atoms with van der Waals surface area (Å²) in [5, 5.41) is 0. The van der Waals surface area contributed by atoms with Gasteiger partial charge in [-0.15, -0.1) is 0 Å². The Balaban J connectivity index is 1.99. The molecule has 0 radical (unpaired) electrons. The van der Waals surface area contributed by atoms with Crippen molar-refractivity contribution in [3.05, 3.63) is 83.8 Å². The van der Waals surface area contributed by atoms with Gasteiger partial charge in [0.15, 0.2) is 0 Å². The largest absolute Gasteiger partial charge is 0.461 e. The molecule has 0 spiro atoms. The predicted octanol–water partition coefficient (Wildman–Crippen LogP) is 4.82. The van der Waals surface area contributed by atoms with Gasteiger partial charge in [0, 0.05) is 0 Å². The third kappa shape index (κ3) is 5.91. The molecule has 0 aliphatic rings. The molecule has 0 amide bonds. The van der Waals surface area contributed by atoms with E-state index in [4.69, 9.17) is 9.47 Å². The van der Waals surface area contributed by atoms with Crippen molar-refractivity contribution >= 4 is 0 Å². The molecular weight excluding hydrogens is 293 g/mol. The third-order valence-corrected chi connectivity index (χ3v) is 2.73. The minimum Gasteiger partial charge on any atom is -0.461 e. The van der Waals surface area contributed by atoms with Gasteiger partial charge in [-0.1, -0.05) is 60.7 Å². The quantitative estimate of drug-likeness (QED) is 0.712. The fourth-order valence-electron chi connectivity index (χ4n) is 1.72. The summed E-state index contributed by atoms with van der Waals surface area (Å²) in [6, 6.07) is 17.9. The SMILES string of the molecule is FC(F)(F)C=C(OCc1ccccc1)OCc1ccccc1. The van der Waals surface area contributed by atoms with Gasteiger partial charge in [0.2, 0.25) is 0 Å². The van der Waals surface area contributed by atoms with E-state index in [0.717, 1.165) is 11.1 Å². The van der Waals surface area contributed by atoms with Gasteiger partial charge in [0.1, 0.15) is 13.2 Å². The molecule has 0 saturated carbocycles. The van der Waals surface area contributed by atoms with E-state index in [9.17, 15) is 13.2 Å². The molecule has 0 aliphatic heterocycles. The average Bonchev–Trinajstić information content (AvgIpc) is 2.51. The molecule has 2 aromatic rings. The number of alkyl halides is 3. The Morgan fingerprint density at radius 3 is 1.55 bits per heavy atom. The van der Waals surface area contributed by atoms with E-state index in [0.29, 0.717) is 0 Å². The van der Waals surface area contributed by atoms with Gasteiger partial charge in [-0.3, -0.25) is 0 Å². The molecule has 0 bridgehead atoms. The first-order valence-corrected chi connectivity index (χ1v) is 6.66. The second-order valence-corrected chi connectivity index (χ2v) is 4.55. The number of hydrogen-bond acceptors (Lipinski definition) is 2. The monoisotopic (exact) mass is 308 g/mol. The van der Waals surface area contributed by atoms with Crippen molar-refractivity contribution in [3.63, 3.8) is 0 Å². The van der Waals surface area contributed by atoms with Gasteiger partial charge in [0.25, 0.3) is 5.95 Å². The summed E-state index contributed by atoms with van der Waals surface area (Å²) in [6.07, 6.45) is -4.47. The van der Waals surface area contributed by atoms with Crippen LogP contribution in [0.15, 0.2) is 72.7 Å². The molecule has 0 heterocycles. The lowest BCUT2D eigenvalue weighted by molar-refractivity contribution is -0.0917. The van der Waals surface area contributed by atoms with Crippen molar-refractivity contribution < 1.29 is 22.6 Å². The zero-order chi connectivity index (χ0) is 15.8. The van der Waals surface area contributed by atoms with Crippen molar-refractivity contribution in [3.8, 4) is 0 Å². The van der Waals surface area contributed by atoms with Crippen LogP contribution in [0.1, 0.15) is 11.1 Å². The number of rotatable bonds is 6. The lowest BCUT2D eigenvalue weighted by Crippen LogP contribution is -2.08. The Morgan fingerprint density at radius 2 is 1.18 bits per heavy atom. The second-order valence-electron chi connectivity index (χ2n) is 4.55. The Hall–Kier alpha value is -2.43. The summed E-state index contributed by atoms with van der Waals surface area (Å²) in [4.78, 5) is 0. The summed E-state index contributed by atoms with van der Waals surface area (Å²) in [7, 11) is 0. The van der Waals surface area contributed by atoms with Crippen LogP contribution in [0.2, 0.25) is 0 Å². The van der Waals surface area contributed by atoms with Crippen LogP contribution in [-0.4, -0.2) is 6.18 Å². The van der Waals surface area contributed by atoms with Crippen molar-refractivity contribution in [2.24, 2.45) is 0 Å². The van der Waals surface area contributed by atoms with Crippen LogP contribution in [0.4, 0.5) is 13.2 Å². The molecular formula is C17H15F3O2. The normalized spacial score (nSPS) is 10.9. The van der Waals surface area contributed by atoms with Gasteiger partial charge in [-0.05, 0) is 11.1 Å². The van der Waals surface area contributed by atoms with Crippen LogP contribution in [-0.2, 0) is 22.7 Å². The first-order chi connectivity index (χ1) is 10.5. The van der Waals surface area contributed by atoms with E-state index in [1.807, 2.05) is 12.1 Å². The van der Waals surface area contributed by atoms with E-state index in [2.05, 4.69) is 0 Å². The van der Waals surface area contributed by atoms with Gasteiger partial charge in [-0.25, -0.2) is 0 Å². The number of ether oxygens (including phenoxy) is 2. The molecule has 0 saturated heterocycles. The Labute approximate surface area is 126 Å². The number of halogens is 3. The van der Waals surface area contributed by atoms with E-state index in [1.54, 1.807) is 48.5 Å². The number of hydrogen-bond donors (Lipinski definition) is 0. The number of allylic oxidation sites excluding steroid dienone is 1. The minimum atomic E-state index is -4.50. The van der Waals surface area contributed by atoms with E-state index in [-0.39, 0.29) is 19.3 Å². The highest BCUT2D eigenvalue weighted by Gasteiger charge is 2.26. The van der Waals surface area contributed by atoms with E-state index in [1.165, 1.54) is 0 Å². The lowest BCUT2D eigenvalue weighted by atomic mass is 10.2. The van der Waals surface area contributed by atoms with Crippen LogP contribution in [0.25, 0.3) is 0 Å². The minimum absolute atomic E-state index is 0.0115. The third-order valence-electron chi connectivity index (χ3n) is 2.73. The highest BCUT2D eigenvalue weighted by molar-refractivity contribution is 5.15. The summed E-state index contributed by atoms with van der Waals surface area (Å²) in [6.45, 7) is 0.0229. The van der Waals surface area contributed by atoms with Crippen LogP contribution >= 0.6 is 0 Å². The highest BCUT2D eigenvalue weighted by atomic mass is 19.4. The van der Waals surface area contributed by atoms with Gasteiger partial charge in [0.05, 0.1) is 6.08 Å². The second kappa shape index (κ2) is 7.54. The molecule has 2 rings (SSSR count). The van der Waals surface area contributed by atoms with Crippen LogP contribution in [0, 0.1) is 0 Å². The van der Waals surface area contributed by atoms with E-state index >= 15 is 0 Å². The van der Waals surface area contributed by atoms with Gasteiger partial charge < -0.3 is 9.47 Å². The average molecular weight is 308 g/mol. The van der Waals surface area contributed by atoms with Crippen molar-refractivity contribution in [1.29, 1.82) is 0 Å².